The number of carbonyl (C=O) groups is 3. The van der Waals surface area contributed by atoms with Crippen molar-refractivity contribution in [2.24, 2.45) is 0 Å². The average Bonchev–Trinajstić information content (AvgIpc) is 3.07. The fourth-order valence-corrected chi connectivity index (χ4v) is 4.65. The molecule has 1 saturated heterocycles. The molecular formula is C25H25Cl2NO7. The highest BCUT2D eigenvalue weighted by molar-refractivity contribution is 6.47. The van der Waals surface area contributed by atoms with Gasteiger partial charge < -0.3 is 24.2 Å². The Morgan fingerprint density at radius 1 is 1.09 bits per heavy atom. The van der Waals surface area contributed by atoms with E-state index < -0.39 is 29.5 Å². The molecule has 10 heteroatoms. The number of aliphatic hydroxyl groups excluding tert-OH is 1. The molecular weight excluding hydrogens is 497 g/mol. The second-order valence-electron chi connectivity index (χ2n) is 7.80. The third-order valence-electron chi connectivity index (χ3n) is 5.54. The minimum Gasteiger partial charge on any atom is -0.507 e. The standard InChI is InChI=1S/C25H25Cl2NO7/c1-5-6-11-28-20(14-7-9-15(10-8-14)35-13(2)29)18(22(31)25(28)32)21(30)16-12-17(26)24(34-4)19(27)23(16)33-3/h7-10,12,20,30H,5-6,11H2,1-4H3/b21-18+. The number of hydrogen-bond acceptors (Lipinski definition) is 7. The molecule has 8 nitrogen and oxygen atoms in total. The van der Waals surface area contributed by atoms with E-state index in [1.165, 1.54) is 32.1 Å². The first-order chi connectivity index (χ1) is 16.7. The van der Waals surface area contributed by atoms with Gasteiger partial charge in [-0.25, -0.2) is 0 Å². The Hall–Kier alpha value is -3.23. The maximum atomic E-state index is 13.2. The summed E-state index contributed by atoms with van der Waals surface area (Å²) >= 11 is 12.7. The van der Waals surface area contributed by atoms with E-state index in [0.29, 0.717) is 24.3 Å². The average molecular weight is 522 g/mol. The molecule has 1 N–H and O–H groups in total. The number of halogens is 2. The van der Waals surface area contributed by atoms with E-state index >= 15 is 0 Å². The second kappa shape index (κ2) is 11.0. The van der Waals surface area contributed by atoms with Crippen LogP contribution in [0.25, 0.3) is 5.76 Å². The molecule has 0 radical (unpaired) electrons. The van der Waals surface area contributed by atoms with Gasteiger partial charge in [-0.05, 0) is 30.2 Å². The van der Waals surface area contributed by atoms with Gasteiger partial charge >= 0.3 is 5.97 Å². The number of aliphatic hydroxyl groups is 1. The van der Waals surface area contributed by atoms with Crippen LogP contribution in [0.2, 0.25) is 10.0 Å². The minimum atomic E-state index is -0.891. The van der Waals surface area contributed by atoms with Gasteiger partial charge in [0.2, 0.25) is 0 Å². The van der Waals surface area contributed by atoms with Crippen LogP contribution in [0, 0.1) is 0 Å². The van der Waals surface area contributed by atoms with Crippen LogP contribution in [0.3, 0.4) is 0 Å². The smallest absolute Gasteiger partial charge is 0.308 e. The largest absolute Gasteiger partial charge is 0.507 e. The van der Waals surface area contributed by atoms with Crippen molar-refractivity contribution in [3.63, 3.8) is 0 Å². The Balaban J connectivity index is 2.23. The molecule has 1 fully saturated rings. The van der Waals surface area contributed by atoms with E-state index in [2.05, 4.69) is 0 Å². The molecule has 1 heterocycles. The van der Waals surface area contributed by atoms with Gasteiger partial charge in [0, 0.05) is 13.5 Å². The van der Waals surface area contributed by atoms with Gasteiger partial charge in [-0.3, -0.25) is 14.4 Å². The fraction of sp³-hybridized carbons (Fsp3) is 0.320. The molecule has 2 aromatic carbocycles. The zero-order valence-corrected chi connectivity index (χ0v) is 21.2. The highest BCUT2D eigenvalue weighted by Crippen LogP contribution is 2.47. The van der Waals surface area contributed by atoms with Crippen LogP contribution < -0.4 is 14.2 Å². The maximum Gasteiger partial charge on any atom is 0.308 e. The van der Waals surface area contributed by atoms with Crippen LogP contribution in [0.4, 0.5) is 0 Å². The Morgan fingerprint density at radius 2 is 1.71 bits per heavy atom. The summed E-state index contributed by atoms with van der Waals surface area (Å²) in [5.41, 5.74) is 0.447. The number of nitrogens with zero attached hydrogens (tertiary/aromatic N) is 1. The molecule has 0 saturated carbocycles. The zero-order chi connectivity index (χ0) is 25.9. The molecule has 0 spiro atoms. The first-order valence-corrected chi connectivity index (χ1v) is 11.6. The number of amides is 1. The van der Waals surface area contributed by atoms with Crippen molar-refractivity contribution in [2.45, 2.75) is 32.7 Å². The summed E-state index contributed by atoms with van der Waals surface area (Å²) in [4.78, 5) is 38.9. The van der Waals surface area contributed by atoms with E-state index in [4.69, 9.17) is 37.4 Å². The van der Waals surface area contributed by atoms with Crippen molar-refractivity contribution in [1.82, 2.24) is 4.90 Å². The van der Waals surface area contributed by atoms with Gasteiger partial charge in [-0.15, -0.1) is 0 Å². The number of unbranched alkanes of at least 4 members (excludes halogenated alkanes) is 1. The molecule has 1 atom stereocenters. The maximum absolute atomic E-state index is 13.2. The molecule has 1 unspecified atom stereocenters. The molecule has 0 bridgehead atoms. The number of rotatable bonds is 8. The molecule has 0 aromatic heterocycles. The SMILES string of the molecule is CCCCN1C(=O)C(=O)/C(=C(/O)c2cc(Cl)c(OC)c(Cl)c2OC)C1c1ccc(OC(C)=O)cc1. The summed E-state index contributed by atoms with van der Waals surface area (Å²) in [7, 11) is 2.72. The van der Waals surface area contributed by atoms with E-state index in [-0.39, 0.29) is 32.7 Å². The molecule has 1 amide bonds. The van der Waals surface area contributed by atoms with Crippen molar-refractivity contribution >= 4 is 46.6 Å². The predicted octanol–water partition coefficient (Wildman–Crippen LogP) is 5.16. The third kappa shape index (κ3) is 5.09. The number of benzene rings is 2. The monoisotopic (exact) mass is 521 g/mol. The summed E-state index contributed by atoms with van der Waals surface area (Å²) in [6, 6.07) is 6.84. The van der Waals surface area contributed by atoms with Crippen LogP contribution in [0.5, 0.6) is 17.2 Å². The van der Waals surface area contributed by atoms with Gasteiger partial charge in [-0.1, -0.05) is 48.7 Å². The Bertz CT molecular complexity index is 1190. The number of likely N-dealkylation sites (tertiary alicyclic amines) is 1. The summed E-state index contributed by atoms with van der Waals surface area (Å²) in [5.74, 6) is -2.07. The molecule has 1 aliphatic heterocycles. The van der Waals surface area contributed by atoms with Crippen molar-refractivity contribution < 1.29 is 33.7 Å². The molecule has 186 valence electrons. The summed E-state index contributed by atoms with van der Waals surface area (Å²) < 4.78 is 15.7. The van der Waals surface area contributed by atoms with E-state index in [1.54, 1.807) is 24.3 Å². The lowest BCUT2D eigenvalue weighted by Crippen LogP contribution is -2.30. The Morgan fingerprint density at radius 3 is 2.26 bits per heavy atom. The second-order valence-corrected chi connectivity index (χ2v) is 8.58. The number of hydrogen-bond donors (Lipinski definition) is 1. The van der Waals surface area contributed by atoms with E-state index in [1.807, 2.05) is 6.92 Å². The van der Waals surface area contributed by atoms with Crippen molar-refractivity contribution in [3.8, 4) is 17.2 Å². The molecule has 0 aliphatic carbocycles. The Labute approximate surface area is 213 Å². The minimum absolute atomic E-state index is 0.00606. The number of esters is 1. The topological polar surface area (TPSA) is 102 Å². The van der Waals surface area contributed by atoms with E-state index in [0.717, 1.165) is 6.42 Å². The van der Waals surface area contributed by atoms with Crippen molar-refractivity contribution in [1.29, 1.82) is 0 Å². The first kappa shape index (κ1) is 26.4. The Kier molecular flexibility index (Phi) is 8.30. The number of ketones is 1. The van der Waals surface area contributed by atoms with Gasteiger partial charge in [0.1, 0.15) is 16.5 Å². The third-order valence-corrected chi connectivity index (χ3v) is 6.17. The molecule has 2 aromatic rings. The fourth-order valence-electron chi connectivity index (χ4n) is 3.96. The first-order valence-electron chi connectivity index (χ1n) is 10.8. The molecule has 3 rings (SSSR count). The van der Waals surface area contributed by atoms with Crippen LogP contribution >= 0.6 is 23.2 Å². The quantitative estimate of drug-likeness (QED) is 0.168. The van der Waals surface area contributed by atoms with Crippen molar-refractivity contribution in [3.05, 3.63) is 57.1 Å². The van der Waals surface area contributed by atoms with Crippen molar-refractivity contribution in [2.75, 3.05) is 20.8 Å². The van der Waals surface area contributed by atoms with Crippen LogP contribution in [0.15, 0.2) is 35.9 Å². The summed E-state index contributed by atoms with van der Waals surface area (Å²) in [6.45, 7) is 3.55. The highest BCUT2D eigenvalue weighted by atomic mass is 35.5. The van der Waals surface area contributed by atoms with Gasteiger partial charge in [0.15, 0.2) is 11.5 Å². The van der Waals surface area contributed by atoms with Gasteiger partial charge in [0.25, 0.3) is 11.7 Å². The highest BCUT2D eigenvalue weighted by Gasteiger charge is 2.46. The van der Waals surface area contributed by atoms with E-state index in [9.17, 15) is 19.5 Å². The zero-order valence-electron chi connectivity index (χ0n) is 19.7. The number of ether oxygens (including phenoxy) is 3. The lowest BCUT2D eigenvalue weighted by atomic mass is 9.94. The van der Waals surface area contributed by atoms with Crippen LogP contribution in [-0.4, -0.2) is 48.4 Å². The lowest BCUT2D eigenvalue weighted by molar-refractivity contribution is -0.139. The molecule has 1 aliphatic rings. The number of methoxy groups -OCH3 is 2. The normalized spacial score (nSPS) is 17.0. The van der Waals surface area contributed by atoms with Gasteiger partial charge in [-0.2, -0.15) is 0 Å². The number of Topliss-reactive ketones (excluding diaryl/α,β-unsaturated/α-hetero) is 1. The van der Waals surface area contributed by atoms with Crippen LogP contribution in [-0.2, 0) is 14.4 Å². The number of carbonyl (C=O) groups excluding carboxylic acids is 3. The predicted molar refractivity (Wildman–Crippen MR) is 131 cm³/mol. The van der Waals surface area contributed by atoms with Crippen LogP contribution in [0.1, 0.15) is 43.9 Å². The van der Waals surface area contributed by atoms with Gasteiger partial charge in [0.05, 0.1) is 36.4 Å². The lowest BCUT2D eigenvalue weighted by Gasteiger charge is -2.25. The summed E-state index contributed by atoms with van der Waals surface area (Å²) in [5, 5.41) is 11.4. The summed E-state index contributed by atoms with van der Waals surface area (Å²) in [6.07, 6.45) is 1.44. The molecule has 35 heavy (non-hydrogen) atoms.